The molecule has 31 heavy (non-hydrogen) atoms. The molecule has 0 aliphatic heterocycles. The molecule has 2 amide bonds. The van der Waals surface area contributed by atoms with Gasteiger partial charge < -0.3 is 15.4 Å². The average molecular weight is 439 g/mol. The summed E-state index contributed by atoms with van der Waals surface area (Å²) in [6.45, 7) is 2.38. The summed E-state index contributed by atoms with van der Waals surface area (Å²) in [7, 11) is -3.37. The van der Waals surface area contributed by atoms with Crippen molar-refractivity contribution in [2.45, 2.75) is 11.8 Å². The van der Waals surface area contributed by atoms with E-state index in [1.165, 1.54) is 12.1 Å². The molecular weight excluding hydrogens is 416 g/mol. The van der Waals surface area contributed by atoms with E-state index in [1.807, 2.05) is 6.92 Å². The van der Waals surface area contributed by atoms with Gasteiger partial charge in [0.25, 0.3) is 11.8 Å². The largest absolute Gasteiger partial charge is 0.494 e. The van der Waals surface area contributed by atoms with Gasteiger partial charge in [-0.2, -0.15) is 0 Å². The van der Waals surface area contributed by atoms with Crippen LogP contribution in [0.3, 0.4) is 0 Å². The first-order chi connectivity index (χ1) is 14.8. The number of carbonyl (C=O) groups excluding carboxylic acids is 2. The van der Waals surface area contributed by atoms with Gasteiger partial charge in [0, 0.05) is 28.8 Å². The van der Waals surface area contributed by atoms with Crippen LogP contribution in [0.2, 0.25) is 0 Å². The second-order valence-corrected chi connectivity index (χ2v) is 8.76. The van der Waals surface area contributed by atoms with Crippen LogP contribution >= 0.6 is 0 Å². The van der Waals surface area contributed by atoms with Crippen molar-refractivity contribution in [2.75, 3.05) is 23.5 Å². The number of anilines is 2. The number of amides is 2. The van der Waals surface area contributed by atoms with Gasteiger partial charge in [0.1, 0.15) is 5.75 Å². The maximum atomic E-state index is 12.5. The van der Waals surface area contributed by atoms with Crippen LogP contribution in [-0.2, 0) is 9.84 Å². The third-order valence-corrected chi connectivity index (χ3v) is 5.44. The van der Waals surface area contributed by atoms with Crippen LogP contribution in [-0.4, -0.2) is 33.1 Å². The fourth-order valence-electron chi connectivity index (χ4n) is 2.81. The number of benzene rings is 3. The maximum Gasteiger partial charge on any atom is 0.255 e. The Morgan fingerprint density at radius 1 is 0.806 bits per heavy atom. The summed E-state index contributed by atoms with van der Waals surface area (Å²) in [5, 5.41) is 5.44. The number of hydrogen-bond acceptors (Lipinski definition) is 5. The van der Waals surface area contributed by atoms with Crippen molar-refractivity contribution in [3.05, 3.63) is 83.9 Å². The van der Waals surface area contributed by atoms with E-state index in [0.29, 0.717) is 34.9 Å². The topological polar surface area (TPSA) is 102 Å². The van der Waals surface area contributed by atoms with Crippen molar-refractivity contribution in [3.8, 4) is 5.75 Å². The van der Waals surface area contributed by atoms with Crippen LogP contribution in [0.5, 0.6) is 5.75 Å². The smallest absolute Gasteiger partial charge is 0.255 e. The van der Waals surface area contributed by atoms with E-state index in [-0.39, 0.29) is 10.8 Å². The number of nitrogens with one attached hydrogen (secondary N) is 2. The molecule has 3 aromatic carbocycles. The Bertz CT molecular complexity index is 1200. The van der Waals surface area contributed by atoms with Crippen molar-refractivity contribution in [1.82, 2.24) is 0 Å². The summed E-state index contributed by atoms with van der Waals surface area (Å²) in [5.74, 6) is -0.0774. The molecule has 7 nitrogen and oxygen atoms in total. The molecular formula is C23H22N2O5S. The molecule has 3 rings (SSSR count). The third kappa shape index (κ3) is 5.93. The second-order valence-electron chi connectivity index (χ2n) is 6.75. The number of ether oxygens (including phenoxy) is 1. The molecule has 160 valence electrons. The molecule has 0 heterocycles. The molecule has 0 saturated heterocycles. The second kappa shape index (κ2) is 9.44. The molecule has 2 N–H and O–H groups in total. The molecule has 3 aromatic rings. The molecule has 0 saturated carbocycles. The van der Waals surface area contributed by atoms with Gasteiger partial charge in [-0.15, -0.1) is 0 Å². The summed E-state index contributed by atoms with van der Waals surface area (Å²) in [4.78, 5) is 25.0. The Balaban J connectivity index is 1.66. The maximum absolute atomic E-state index is 12.5. The SMILES string of the molecule is CCOc1cccc(C(=O)Nc2ccc(C(=O)Nc3cccc(S(C)(=O)=O)c3)cc2)c1. The molecule has 0 bridgehead atoms. The minimum absolute atomic E-state index is 0.122. The van der Waals surface area contributed by atoms with Crippen molar-refractivity contribution in [3.63, 3.8) is 0 Å². The Kier molecular flexibility index (Phi) is 6.71. The van der Waals surface area contributed by atoms with E-state index >= 15 is 0 Å². The Morgan fingerprint density at radius 3 is 2.13 bits per heavy atom. The van der Waals surface area contributed by atoms with E-state index in [9.17, 15) is 18.0 Å². The summed E-state index contributed by atoms with van der Waals surface area (Å²) in [6.07, 6.45) is 1.11. The van der Waals surface area contributed by atoms with Gasteiger partial charge in [0.05, 0.1) is 11.5 Å². The number of carbonyl (C=O) groups is 2. The molecule has 0 unspecified atom stereocenters. The zero-order valence-corrected chi connectivity index (χ0v) is 17.9. The molecule has 0 radical (unpaired) electrons. The highest BCUT2D eigenvalue weighted by Gasteiger charge is 2.11. The van der Waals surface area contributed by atoms with E-state index in [0.717, 1.165) is 6.26 Å². The van der Waals surface area contributed by atoms with Gasteiger partial charge >= 0.3 is 0 Å². The van der Waals surface area contributed by atoms with Crippen LogP contribution in [0.1, 0.15) is 27.6 Å². The molecule has 0 aliphatic rings. The van der Waals surface area contributed by atoms with Crippen LogP contribution in [0, 0.1) is 0 Å². The Morgan fingerprint density at radius 2 is 1.45 bits per heavy atom. The Labute approximate surface area is 181 Å². The van der Waals surface area contributed by atoms with Crippen molar-refractivity contribution >= 4 is 33.0 Å². The number of sulfone groups is 1. The first kappa shape index (κ1) is 22.0. The molecule has 8 heteroatoms. The van der Waals surface area contributed by atoms with Crippen molar-refractivity contribution < 1.29 is 22.7 Å². The van der Waals surface area contributed by atoms with Crippen molar-refractivity contribution in [2.24, 2.45) is 0 Å². The van der Waals surface area contributed by atoms with Gasteiger partial charge in [-0.25, -0.2) is 8.42 Å². The van der Waals surface area contributed by atoms with Gasteiger partial charge in [-0.05, 0) is 67.6 Å². The minimum Gasteiger partial charge on any atom is -0.494 e. The average Bonchev–Trinajstić information content (AvgIpc) is 2.74. The highest BCUT2D eigenvalue weighted by molar-refractivity contribution is 7.90. The van der Waals surface area contributed by atoms with Gasteiger partial charge in [0.2, 0.25) is 0 Å². The molecule has 0 atom stereocenters. The lowest BCUT2D eigenvalue weighted by molar-refractivity contribution is 0.101. The quantitative estimate of drug-likeness (QED) is 0.581. The zero-order valence-electron chi connectivity index (χ0n) is 17.1. The normalized spacial score (nSPS) is 10.9. The lowest BCUT2D eigenvalue weighted by atomic mass is 10.1. The van der Waals surface area contributed by atoms with Gasteiger partial charge in [-0.3, -0.25) is 9.59 Å². The highest BCUT2D eigenvalue weighted by atomic mass is 32.2. The Hall–Kier alpha value is -3.65. The highest BCUT2D eigenvalue weighted by Crippen LogP contribution is 2.18. The van der Waals surface area contributed by atoms with Gasteiger partial charge in [0.15, 0.2) is 9.84 Å². The molecule has 0 aromatic heterocycles. The first-order valence-corrected chi connectivity index (χ1v) is 11.4. The summed E-state index contributed by atoms with van der Waals surface area (Å²) in [5.41, 5.74) is 1.72. The number of rotatable bonds is 7. The molecule has 0 aliphatic carbocycles. The lowest BCUT2D eigenvalue weighted by Crippen LogP contribution is -2.14. The number of hydrogen-bond donors (Lipinski definition) is 2. The lowest BCUT2D eigenvalue weighted by Gasteiger charge is -2.09. The molecule has 0 spiro atoms. The minimum atomic E-state index is -3.37. The first-order valence-electron chi connectivity index (χ1n) is 9.52. The predicted molar refractivity (Wildman–Crippen MR) is 120 cm³/mol. The van der Waals surface area contributed by atoms with E-state index in [4.69, 9.17) is 4.74 Å². The van der Waals surface area contributed by atoms with Crippen LogP contribution in [0.15, 0.2) is 77.7 Å². The van der Waals surface area contributed by atoms with Crippen LogP contribution < -0.4 is 15.4 Å². The van der Waals surface area contributed by atoms with E-state index in [2.05, 4.69) is 10.6 Å². The van der Waals surface area contributed by atoms with E-state index < -0.39 is 15.7 Å². The van der Waals surface area contributed by atoms with Gasteiger partial charge in [-0.1, -0.05) is 12.1 Å². The third-order valence-electron chi connectivity index (χ3n) is 4.33. The van der Waals surface area contributed by atoms with E-state index in [1.54, 1.807) is 60.7 Å². The molecule has 0 fully saturated rings. The summed E-state index contributed by atoms with van der Waals surface area (Å²) < 4.78 is 28.7. The predicted octanol–water partition coefficient (Wildman–Crippen LogP) is 3.99. The summed E-state index contributed by atoms with van der Waals surface area (Å²) >= 11 is 0. The fourth-order valence-corrected chi connectivity index (χ4v) is 3.48. The summed E-state index contributed by atoms with van der Waals surface area (Å²) in [6, 6.07) is 19.3. The zero-order chi connectivity index (χ0) is 22.4. The van der Waals surface area contributed by atoms with Crippen LogP contribution in [0.25, 0.3) is 0 Å². The fraction of sp³-hybridized carbons (Fsp3) is 0.130. The standard InChI is InChI=1S/C23H22N2O5S/c1-3-30-20-8-4-6-17(14-20)23(27)24-18-12-10-16(11-13-18)22(26)25-19-7-5-9-21(15-19)31(2,28)29/h4-15H,3H2,1-2H3,(H,24,27)(H,25,26). The monoisotopic (exact) mass is 438 g/mol. The van der Waals surface area contributed by atoms with Crippen LogP contribution in [0.4, 0.5) is 11.4 Å². The van der Waals surface area contributed by atoms with Crippen molar-refractivity contribution in [1.29, 1.82) is 0 Å².